The molecule has 2 aromatic rings. The first-order valence-electron chi connectivity index (χ1n) is 5.11. The van der Waals surface area contributed by atoms with Crippen molar-refractivity contribution in [1.29, 1.82) is 0 Å². The van der Waals surface area contributed by atoms with Crippen molar-refractivity contribution in [2.24, 2.45) is 0 Å². The van der Waals surface area contributed by atoms with Crippen molar-refractivity contribution in [3.05, 3.63) is 39.2 Å². The molecule has 5 heteroatoms. The second-order valence-corrected chi connectivity index (χ2v) is 4.78. The molecule has 0 aliphatic carbocycles. The number of anilines is 1. The van der Waals surface area contributed by atoms with Crippen molar-refractivity contribution in [3.8, 4) is 11.6 Å². The molecule has 2 N–H and O–H groups in total. The number of hydrogen-bond acceptors (Lipinski definition) is 4. The normalized spacial score (nSPS) is 10.3. The highest BCUT2D eigenvalue weighted by atomic mass is 127. The number of benzene rings is 1. The molecule has 0 spiro atoms. The molecule has 0 aliphatic rings. The largest absolute Gasteiger partial charge is 0.437 e. The van der Waals surface area contributed by atoms with Crippen LogP contribution in [0.4, 0.5) is 5.82 Å². The Morgan fingerprint density at radius 2 is 1.88 bits per heavy atom. The Morgan fingerprint density at radius 3 is 2.59 bits per heavy atom. The van der Waals surface area contributed by atoms with Crippen LogP contribution in [0.15, 0.2) is 24.3 Å². The summed E-state index contributed by atoms with van der Waals surface area (Å²) < 4.78 is 6.79. The molecule has 17 heavy (non-hydrogen) atoms. The first kappa shape index (κ1) is 12.1. The lowest BCUT2D eigenvalue weighted by atomic mass is 10.3. The SMILES string of the molecule is Cc1nc(N)c(C)c(Oc2ccccc2I)n1. The number of nitrogens with two attached hydrogens (primary N) is 1. The third-order valence-electron chi connectivity index (χ3n) is 2.29. The number of aryl methyl sites for hydroxylation is 1. The Bertz CT molecular complexity index is 557. The van der Waals surface area contributed by atoms with Crippen molar-refractivity contribution < 1.29 is 4.74 Å². The maximum atomic E-state index is 5.78. The van der Waals surface area contributed by atoms with Crippen molar-refractivity contribution in [3.63, 3.8) is 0 Å². The second kappa shape index (κ2) is 4.87. The molecule has 0 amide bonds. The van der Waals surface area contributed by atoms with Gasteiger partial charge in [0.05, 0.1) is 9.13 Å². The molecule has 0 fully saturated rings. The molecule has 0 aliphatic heterocycles. The van der Waals surface area contributed by atoms with E-state index in [0.29, 0.717) is 17.5 Å². The van der Waals surface area contributed by atoms with Crippen LogP contribution < -0.4 is 10.5 Å². The number of halogens is 1. The van der Waals surface area contributed by atoms with Gasteiger partial charge in [-0.05, 0) is 48.6 Å². The van der Waals surface area contributed by atoms with Gasteiger partial charge in [0.1, 0.15) is 17.4 Å². The van der Waals surface area contributed by atoms with Gasteiger partial charge in [-0.15, -0.1) is 0 Å². The molecule has 0 bridgehead atoms. The van der Waals surface area contributed by atoms with Crippen LogP contribution in [0.3, 0.4) is 0 Å². The van der Waals surface area contributed by atoms with E-state index in [1.165, 1.54) is 0 Å². The van der Waals surface area contributed by atoms with Gasteiger partial charge in [0.25, 0.3) is 0 Å². The van der Waals surface area contributed by atoms with E-state index in [9.17, 15) is 0 Å². The predicted molar refractivity (Wildman–Crippen MR) is 75.2 cm³/mol. The first-order chi connectivity index (χ1) is 8.08. The van der Waals surface area contributed by atoms with Gasteiger partial charge in [-0.2, -0.15) is 4.98 Å². The number of hydrogen-bond donors (Lipinski definition) is 1. The molecule has 4 nitrogen and oxygen atoms in total. The number of nitrogen functional groups attached to an aromatic ring is 1. The summed E-state index contributed by atoms with van der Waals surface area (Å²) in [5, 5.41) is 0. The number of nitrogens with zero attached hydrogens (tertiary/aromatic N) is 2. The lowest BCUT2D eigenvalue weighted by molar-refractivity contribution is 0.453. The fraction of sp³-hybridized carbons (Fsp3) is 0.167. The highest BCUT2D eigenvalue weighted by Crippen LogP contribution is 2.28. The summed E-state index contributed by atoms with van der Waals surface area (Å²) in [7, 11) is 0. The molecule has 1 aromatic heterocycles. The molecule has 1 heterocycles. The standard InChI is InChI=1S/C12H12IN3O/c1-7-11(14)15-8(2)16-12(7)17-10-6-4-3-5-9(10)13/h3-6H,1-2H3,(H2,14,15,16). The predicted octanol–water partition coefficient (Wildman–Crippen LogP) is 3.07. The summed E-state index contributed by atoms with van der Waals surface area (Å²) in [6, 6.07) is 7.75. The zero-order valence-electron chi connectivity index (χ0n) is 9.57. The van der Waals surface area contributed by atoms with Gasteiger partial charge in [0.2, 0.25) is 5.88 Å². The number of ether oxygens (including phenoxy) is 1. The molecule has 1 aromatic carbocycles. The maximum Gasteiger partial charge on any atom is 0.227 e. The van der Waals surface area contributed by atoms with Crippen LogP contribution in [0.2, 0.25) is 0 Å². The van der Waals surface area contributed by atoms with E-state index in [2.05, 4.69) is 32.6 Å². The second-order valence-electron chi connectivity index (χ2n) is 3.62. The minimum atomic E-state index is 0.457. The highest BCUT2D eigenvalue weighted by molar-refractivity contribution is 14.1. The van der Waals surface area contributed by atoms with Gasteiger partial charge in [-0.3, -0.25) is 0 Å². The first-order valence-corrected chi connectivity index (χ1v) is 6.19. The Hall–Kier alpha value is -1.37. The summed E-state index contributed by atoms with van der Waals surface area (Å²) in [4.78, 5) is 8.34. The lowest BCUT2D eigenvalue weighted by Crippen LogP contribution is -2.02. The lowest BCUT2D eigenvalue weighted by Gasteiger charge is -2.10. The molecule has 0 unspecified atom stereocenters. The quantitative estimate of drug-likeness (QED) is 0.853. The van der Waals surface area contributed by atoms with Crippen LogP contribution in [0.5, 0.6) is 11.6 Å². The average Bonchev–Trinajstić information content (AvgIpc) is 2.28. The van der Waals surface area contributed by atoms with Crippen LogP contribution in [0.1, 0.15) is 11.4 Å². The zero-order valence-corrected chi connectivity index (χ0v) is 11.7. The minimum absolute atomic E-state index is 0.457. The van der Waals surface area contributed by atoms with Crippen molar-refractivity contribution in [2.75, 3.05) is 5.73 Å². The van der Waals surface area contributed by atoms with E-state index in [1.807, 2.05) is 31.2 Å². The van der Waals surface area contributed by atoms with Crippen LogP contribution in [0, 0.1) is 17.4 Å². The van der Waals surface area contributed by atoms with Gasteiger partial charge in [0.15, 0.2) is 0 Å². The highest BCUT2D eigenvalue weighted by Gasteiger charge is 2.10. The molecule has 0 saturated carbocycles. The summed E-state index contributed by atoms with van der Waals surface area (Å²) in [6.07, 6.45) is 0. The molecule has 0 saturated heterocycles. The van der Waals surface area contributed by atoms with Crippen LogP contribution in [-0.2, 0) is 0 Å². The van der Waals surface area contributed by atoms with Crippen LogP contribution >= 0.6 is 22.6 Å². The fourth-order valence-electron chi connectivity index (χ4n) is 1.35. The average molecular weight is 341 g/mol. The number of para-hydroxylation sites is 1. The van der Waals surface area contributed by atoms with Gasteiger partial charge in [-0.25, -0.2) is 4.98 Å². The summed E-state index contributed by atoms with van der Waals surface area (Å²) in [5.41, 5.74) is 6.54. The van der Waals surface area contributed by atoms with E-state index >= 15 is 0 Å². The summed E-state index contributed by atoms with van der Waals surface area (Å²) >= 11 is 2.22. The smallest absolute Gasteiger partial charge is 0.227 e. The van der Waals surface area contributed by atoms with Gasteiger partial charge < -0.3 is 10.5 Å². The van der Waals surface area contributed by atoms with Crippen LogP contribution in [0.25, 0.3) is 0 Å². The summed E-state index contributed by atoms with van der Waals surface area (Å²) in [6.45, 7) is 3.64. The Kier molecular flexibility index (Phi) is 3.46. The van der Waals surface area contributed by atoms with Crippen molar-refractivity contribution in [2.45, 2.75) is 13.8 Å². The third-order valence-corrected chi connectivity index (χ3v) is 3.19. The van der Waals surface area contributed by atoms with E-state index in [1.54, 1.807) is 6.92 Å². The van der Waals surface area contributed by atoms with Gasteiger partial charge >= 0.3 is 0 Å². The summed E-state index contributed by atoms with van der Waals surface area (Å²) in [5.74, 6) is 2.35. The Balaban J connectivity index is 2.40. The monoisotopic (exact) mass is 341 g/mol. The number of aromatic nitrogens is 2. The fourth-order valence-corrected chi connectivity index (χ4v) is 1.85. The van der Waals surface area contributed by atoms with Crippen LogP contribution in [-0.4, -0.2) is 9.97 Å². The zero-order chi connectivity index (χ0) is 12.4. The molecule has 0 radical (unpaired) electrons. The van der Waals surface area contributed by atoms with Crippen molar-refractivity contribution >= 4 is 28.4 Å². The molecule has 2 rings (SSSR count). The van der Waals surface area contributed by atoms with E-state index in [4.69, 9.17) is 10.5 Å². The maximum absolute atomic E-state index is 5.78. The van der Waals surface area contributed by atoms with E-state index < -0.39 is 0 Å². The molecule has 88 valence electrons. The molecule has 0 atom stereocenters. The number of rotatable bonds is 2. The van der Waals surface area contributed by atoms with Gasteiger partial charge in [-0.1, -0.05) is 12.1 Å². The minimum Gasteiger partial charge on any atom is -0.437 e. The van der Waals surface area contributed by atoms with E-state index in [0.717, 1.165) is 14.9 Å². The Morgan fingerprint density at radius 1 is 1.18 bits per heavy atom. The molecular formula is C12H12IN3O. The Labute approximate surface area is 113 Å². The topological polar surface area (TPSA) is 61.0 Å². The van der Waals surface area contributed by atoms with E-state index in [-0.39, 0.29) is 0 Å². The molecular weight excluding hydrogens is 329 g/mol. The van der Waals surface area contributed by atoms with Crippen molar-refractivity contribution in [1.82, 2.24) is 9.97 Å². The van der Waals surface area contributed by atoms with Gasteiger partial charge in [0, 0.05) is 0 Å². The third kappa shape index (κ3) is 2.66.